The van der Waals surface area contributed by atoms with E-state index in [0.717, 1.165) is 16.1 Å². The van der Waals surface area contributed by atoms with Crippen LogP contribution in [0.5, 0.6) is 0 Å². The highest BCUT2D eigenvalue weighted by Gasteiger charge is 2.36. The Morgan fingerprint density at radius 1 is 0.622 bits per heavy atom. The highest BCUT2D eigenvalue weighted by atomic mass is 32.1. The lowest BCUT2D eigenvalue weighted by atomic mass is 9.82. The van der Waals surface area contributed by atoms with Crippen molar-refractivity contribution >= 4 is 43.4 Å². The molecule has 2 aromatic heterocycles. The molecule has 8 rings (SSSR count). The monoisotopic (exact) mass is 492 g/mol. The lowest BCUT2D eigenvalue weighted by Gasteiger charge is -2.21. The van der Waals surface area contributed by atoms with Crippen LogP contribution in [0.1, 0.15) is 25.0 Å². The molecule has 0 fully saturated rings. The van der Waals surface area contributed by atoms with Gasteiger partial charge in [0.05, 0.1) is 26.9 Å². The molecule has 0 aliphatic heterocycles. The smallest absolute Gasteiger partial charge is 0.126 e. The second kappa shape index (κ2) is 7.41. The molecule has 1 aliphatic rings. The molecule has 37 heavy (non-hydrogen) atoms. The molecule has 0 spiro atoms. The summed E-state index contributed by atoms with van der Waals surface area (Å²) in [4.78, 5) is 5.03. The Bertz CT molecular complexity index is 1990. The van der Waals surface area contributed by atoms with Crippen molar-refractivity contribution in [3.05, 3.63) is 120 Å². The number of thiazole rings is 1. The Labute approximate surface area is 219 Å². The van der Waals surface area contributed by atoms with Crippen molar-refractivity contribution in [1.29, 1.82) is 0 Å². The second-order valence-corrected chi connectivity index (χ2v) is 11.5. The molecule has 1 aliphatic carbocycles. The molecule has 0 N–H and O–H groups in total. The van der Waals surface area contributed by atoms with E-state index in [1.165, 1.54) is 54.4 Å². The number of rotatable bonds is 2. The van der Waals surface area contributed by atoms with Crippen molar-refractivity contribution in [3.8, 4) is 27.4 Å². The molecule has 0 saturated heterocycles. The van der Waals surface area contributed by atoms with Crippen LogP contribution in [0.15, 0.2) is 109 Å². The van der Waals surface area contributed by atoms with Crippen LogP contribution in [0.3, 0.4) is 0 Å². The minimum atomic E-state index is -0.0256. The molecule has 0 amide bonds. The van der Waals surface area contributed by atoms with E-state index in [1.54, 1.807) is 11.3 Å². The number of benzene rings is 5. The number of fused-ring (bicyclic) bond motifs is 7. The summed E-state index contributed by atoms with van der Waals surface area (Å²) >= 11 is 1.76. The zero-order chi connectivity index (χ0) is 24.7. The van der Waals surface area contributed by atoms with E-state index >= 15 is 0 Å². The quantitative estimate of drug-likeness (QED) is 0.235. The molecule has 2 heterocycles. The Hall–Kier alpha value is -4.21. The minimum Gasteiger partial charge on any atom is -0.309 e. The van der Waals surface area contributed by atoms with Gasteiger partial charge in [0.1, 0.15) is 5.01 Å². The number of nitrogens with zero attached hydrogens (tertiary/aromatic N) is 2. The standard InChI is InChI=1S/C34H24N2S/c1-34(2)26-14-6-3-11-21(26)24-20-31-25(19-27(24)34)22-12-4-8-16-29(22)36(31)30-17-9-5-13-23(30)33-35-28-15-7-10-18-32(28)37-33/h3-20H,1-2H3. The normalized spacial score (nSPS) is 13.9. The van der Waals surface area contributed by atoms with E-state index in [0.29, 0.717) is 0 Å². The van der Waals surface area contributed by atoms with E-state index in [-0.39, 0.29) is 5.41 Å². The number of para-hydroxylation sites is 3. The van der Waals surface area contributed by atoms with Gasteiger partial charge in [-0.2, -0.15) is 0 Å². The van der Waals surface area contributed by atoms with Gasteiger partial charge in [-0.3, -0.25) is 0 Å². The van der Waals surface area contributed by atoms with Crippen LogP contribution in [0.2, 0.25) is 0 Å². The molecule has 2 nitrogen and oxygen atoms in total. The summed E-state index contributed by atoms with van der Waals surface area (Å²) in [5, 5.41) is 3.64. The van der Waals surface area contributed by atoms with E-state index < -0.39 is 0 Å². The molecular weight excluding hydrogens is 468 g/mol. The topological polar surface area (TPSA) is 17.8 Å². The summed E-state index contributed by atoms with van der Waals surface area (Å²) in [7, 11) is 0. The van der Waals surface area contributed by atoms with Crippen LogP contribution in [0, 0.1) is 0 Å². The number of aromatic nitrogens is 2. The van der Waals surface area contributed by atoms with Gasteiger partial charge in [0, 0.05) is 21.8 Å². The van der Waals surface area contributed by atoms with Crippen molar-refractivity contribution in [2.45, 2.75) is 19.3 Å². The predicted molar refractivity (Wildman–Crippen MR) is 157 cm³/mol. The van der Waals surface area contributed by atoms with Gasteiger partial charge in [0.25, 0.3) is 0 Å². The third kappa shape index (κ3) is 2.83. The van der Waals surface area contributed by atoms with Crippen molar-refractivity contribution in [2.75, 3.05) is 0 Å². The number of hydrogen-bond acceptors (Lipinski definition) is 2. The first-order valence-corrected chi connectivity index (χ1v) is 13.6. The van der Waals surface area contributed by atoms with Crippen molar-refractivity contribution in [3.63, 3.8) is 0 Å². The summed E-state index contributed by atoms with van der Waals surface area (Å²) in [6, 6.07) is 39.7. The molecule has 5 aromatic carbocycles. The Morgan fingerprint density at radius 2 is 1.35 bits per heavy atom. The summed E-state index contributed by atoms with van der Waals surface area (Å²) in [5.74, 6) is 0. The largest absolute Gasteiger partial charge is 0.309 e. The van der Waals surface area contributed by atoms with Gasteiger partial charge in [0.2, 0.25) is 0 Å². The molecule has 0 saturated carbocycles. The molecular formula is C34H24N2S. The molecule has 0 bridgehead atoms. The van der Waals surface area contributed by atoms with Crippen LogP contribution >= 0.6 is 11.3 Å². The highest BCUT2D eigenvalue weighted by Crippen LogP contribution is 2.51. The lowest BCUT2D eigenvalue weighted by Crippen LogP contribution is -2.14. The SMILES string of the molecule is CC1(C)c2ccccc2-c2cc3c(cc21)c1ccccc1n3-c1ccccc1-c1nc2ccccc2s1. The first-order chi connectivity index (χ1) is 18.1. The van der Waals surface area contributed by atoms with E-state index in [4.69, 9.17) is 4.98 Å². The molecule has 3 heteroatoms. The third-order valence-electron chi connectivity index (χ3n) is 8.05. The van der Waals surface area contributed by atoms with E-state index in [1.807, 2.05) is 0 Å². The maximum Gasteiger partial charge on any atom is 0.126 e. The molecule has 176 valence electrons. The lowest BCUT2D eigenvalue weighted by molar-refractivity contribution is 0.661. The first kappa shape index (κ1) is 20.9. The van der Waals surface area contributed by atoms with Crippen LogP contribution in [0.4, 0.5) is 0 Å². The van der Waals surface area contributed by atoms with Gasteiger partial charge in [0.15, 0.2) is 0 Å². The highest BCUT2D eigenvalue weighted by molar-refractivity contribution is 7.21. The number of hydrogen-bond donors (Lipinski definition) is 0. The molecule has 0 atom stereocenters. The van der Waals surface area contributed by atoms with Gasteiger partial charge >= 0.3 is 0 Å². The summed E-state index contributed by atoms with van der Waals surface area (Å²) < 4.78 is 3.66. The Kier molecular flexibility index (Phi) is 4.19. The Morgan fingerprint density at radius 3 is 2.24 bits per heavy atom. The van der Waals surface area contributed by atoms with Crippen LogP contribution < -0.4 is 0 Å². The predicted octanol–water partition coefficient (Wildman–Crippen LogP) is 9.37. The van der Waals surface area contributed by atoms with Gasteiger partial charge in [-0.05, 0) is 64.7 Å². The minimum absolute atomic E-state index is 0.0256. The average molecular weight is 493 g/mol. The fourth-order valence-corrected chi connectivity index (χ4v) is 7.26. The fourth-order valence-electron chi connectivity index (χ4n) is 6.26. The molecule has 7 aromatic rings. The first-order valence-electron chi connectivity index (χ1n) is 12.7. The average Bonchev–Trinajstić information content (AvgIpc) is 3.57. The summed E-state index contributed by atoms with van der Waals surface area (Å²) in [6.45, 7) is 4.70. The van der Waals surface area contributed by atoms with Crippen molar-refractivity contribution < 1.29 is 0 Å². The van der Waals surface area contributed by atoms with E-state index in [2.05, 4.69) is 128 Å². The van der Waals surface area contributed by atoms with Crippen molar-refractivity contribution in [2.24, 2.45) is 0 Å². The maximum absolute atomic E-state index is 5.03. The maximum atomic E-state index is 5.03. The van der Waals surface area contributed by atoms with Gasteiger partial charge in [-0.25, -0.2) is 4.98 Å². The van der Waals surface area contributed by atoms with Gasteiger partial charge in [-0.15, -0.1) is 11.3 Å². The van der Waals surface area contributed by atoms with Crippen molar-refractivity contribution in [1.82, 2.24) is 9.55 Å². The Balaban J connectivity index is 1.47. The molecule has 0 radical (unpaired) electrons. The molecule has 0 unspecified atom stereocenters. The van der Waals surface area contributed by atoms with Crippen LogP contribution in [-0.4, -0.2) is 9.55 Å². The van der Waals surface area contributed by atoms with Gasteiger partial charge in [-0.1, -0.05) is 80.6 Å². The van der Waals surface area contributed by atoms with Crippen LogP contribution in [0.25, 0.3) is 59.4 Å². The van der Waals surface area contributed by atoms with Gasteiger partial charge < -0.3 is 4.57 Å². The van der Waals surface area contributed by atoms with Crippen LogP contribution in [-0.2, 0) is 5.41 Å². The zero-order valence-corrected chi connectivity index (χ0v) is 21.5. The summed E-state index contributed by atoms with van der Waals surface area (Å²) in [5.41, 5.74) is 11.3. The van der Waals surface area contributed by atoms with E-state index in [9.17, 15) is 0 Å². The zero-order valence-electron chi connectivity index (χ0n) is 20.7. The second-order valence-electron chi connectivity index (χ2n) is 10.4. The third-order valence-corrected chi connectivity index (χ3v) is 9.11. The fraction of sp³-hybridized carbons (Fsp3) is 0.0882. The summed E-state index contributed by atoms with van der Waals surface area (Å²) in [6.07, 6.45) is 0.